The Morgan fingerprint density at radius 3 is 2.21 bits per heavy atom. The highest BCUT2D eigenvalue weighted by molar-refractivity contribution is 5.82. The fourth-order valence-corrected chi connectivity index (χ4v) is 2.54. The second-order valence-corrected chi connectivity index (χ2v) is 6.73. The maximum atomic E-state index is 7.55. The first-order valence-corrected chi connectivity index (χ1v) is 7.64. The first kappa shape index (κ1) is 16.4. The van der Waals surface area contributed by atoms with Crippen LogP contribution in [0.15, 0.2) is 0 Å². The van der Waals surface area contributed by atoms with E-state index in [1.807, 2.05) is 0 Å². The normalized spacial score (nSPS) is 19.0. The van der Waals surface area contributed by atoms with E-state index in [1.165, 1.54) is 39.1 Å². The molecule has 0 amide bonds. The van der Waals surface area contributed by atoms with Gasteiger partial charge in [0.25, 0.3) is 0 Å². The van der Waals surface area contributed by atoms with Crippen LogP contribution in [0.5, 0.6) is 0 Å². The van der Waals surface area contributed by atoms with E-state index in [2.05, 4.69) is 37.5 Å². The van der Waals surface area contributed by atoms with Gasteiger partial charge in [-0.15, -0.1) is 0 Å². The third-order valence-electron chi connectivity index (χ3n) is 4.39. The standard InChI is InChI=1S/C15H32N4/c1-13(2)19-11-9-18(10-12-19)8-6-5-7-15(3,4)14(16)17/h13H,5-12H2,1-4H3,(H3,16,17). The molecule has 1 aliphatic rings. The molecule has 1 rings (SSSR count). The highest BCUT2D eigenvalue weighted by Crippen LogP contribution is 2.22. The van der Waals surface area contributed by atoms with Gasteiger partial charge in [-0.2, -0.15) is 0 Å². The lowest BCUT2D eigenvalue weighted by Gasteiger charge is -2.37. The van der Waals surface area contributed by atoms with Gasteiger partial charge >= 0.3 is 0 Å². The first-order chi connectivity index (χ1) is 8.83. The van der Waals surface area contributed by atoms with Crippen molar-refractivity contribution in [3.8, 4) is 0 Å². The summed E-state index contributed by atoms with van der Waals surface area (Å²) >= 11 is 0. The zero-order chi connectivity index (χ0) is 14.5. The number of amidine groups is 1. The third-order valence-corrected chi connectivity index (χ3v) is 4.39. The lowest BCUT2D eigenvalue weighted by Crippen LogP contribution is -2.48. The molecule has 0 aromatic rings. The number of hydrogen-bond acceptors (Lipinski definition) is 3. The summed E-state index contributed by atoms with van der Waals surface area (Å²) in [5.74, 6) is 0.318. The van der Waals surface area contributed by atoms with Crippen LogP contribution in [0.25, 0.3) is 0 Å². The Labute approximate surface area is 118 Å². The monoisotopic (exact) mass is 268 g/mol. The predicted octanol–water partition coefficient (Wildman–Crippen LogP) is 2.14. The van der Waals surface area contributed by atoms with Crippen LogP contribution in [-0.2, 0) is 0 Å². The van der Waals surface area contributed by atoms with Crippen LogP contribution in [0.4, 0.5) is 0 Å². The predicted molar refractivity (Wildman–Crippen MR) is 82.7 cm³/mol. The van der Waals surface area contributed by atoms with Crippen molar-refractivity contribution in [2.75, 3.05) is 32.7 Å². The van der Waals surface area contributed by atoms with Gasteiger partial charge in [0.15, 0.2) is 0 Å². The highest BCUT2D eigenvalue weighted by Gasteiger charge is 2.21. The van der Waals surface area contributed by atoms with Crippen LogP contribution in [0.2, 0.25) is 0 Å². The number of nitrogens with two attached hydrogens (primary N) is 1. The Morgan fingerprint density at radius 1 is 1.16 bits per heavy atom. The minimum absolute atomic E-state index is 0.129. The molecule has 1 aliphatic heterocycles. The van der Waals surface area contributed by atoms with E-state index in [-0.39, 0.29) is 5.41 Å². The quantitative estimate of drug-likeness (QED) is 0.422. The van der Waals surface area contributed by atoms with Gasteiger partial charge in [0.2, 0.25) is 0 Å². The van der Waals surface area contributed by atoms with Crippen molar-refractivity contribution in [3.05, 3.63) is 0 Å². The van der Waals surface area contributed by atoms with E-state index >= 15 is 0 Å². The van der Waals surface area contributed by atoms with Crippen LogP contribution in [0.1, 0.15) is 47.0 Å². The van der Waals surface area contributed by atoms with Crippen molar-refractivity contribution < 1.29 is 0 Å². The number of piperazine rings is 1. The van der Waals surface area contributed by atoms with Crippen molar-refractivity contribution in [3.63, 3.8) is 0 Å². The molecular weight excluding hydrogens is 236 g/mol. The first-order valence-electron chi connectivity index (χ1n) is 7.64. The summed E-state index contributed by atoms with van der Waals surface area (Å²) in [6, 6.07) is 0.679. The van der Waals surface area contributed by atoms with Crippen molar-refractivity contribution in [2.45, 2.75) is 53.0 Å². The second kappa shape index (κ2) is 7.25. The molecule has 0 atom stereocenters. The largest absolute Gasteiger partial charge is 0.387 e. The molecule has 0 aromatic heterocycles. The number of nitrogens with one attached hydrogen (secondary N) is 1. The average molecular weight is 268 g/mol. The molecule has 0 saturated carbocycles. The Hall–Kier alpha value is -0.610. The zero-order valence-electron chi connectivity index (χ0n) is 13.2. The molecular formula is C15H32N4. The summed E-state index contributed by atoms with van der Waals surface area (Å²) in [5, 5.41) is 7.55. The van der Waals surface area contributed by atoms with Gasteiger partial charge in [-0.3, -0.25) is 10.3 Å². The van der Waals surface area contributed by atoms with E-state index in [0.717, 1.165) is 12.8 Å². The summed E-state index contributed by atoms with van der Waals surface area (Å²) in [7, 11) is 0. The second-order valence-electron chi connectivity index (χ2n) is 6.73. The van der Waals surface area contributed by atoms with Crippen LogP contribution < -0.4 is 5.73 Å². The van der Waals surface area contributed by atoms with E-state index in [9.17, 15) is 0 Å². The van der Waals surface area contributed by atoms with Crippen LogP contribution in [-0.4, -0.2) is 54.4 Å². The van der Waals surface area contributed by atoms with Crippen LogP contribution in [0, 0.1) is 10.8 Å². The molecule has 112 valence electrons. The van der Waals surface area contributed by atoms with Gasteiger partial charge < -0.3 is 10.6 Å². The Balaban J connectivity index is 2.13. The molecule has 0 spiro atoms. The van der Waals surface area contributed by atoms with Gasteiger partial charge in [0.05, 0.1) is 5.84 Å². The topological polar surface area (TPSA) is 56.4 Å². The summed E-state index contributed by atoms with van der Waals surface area (Å²) < 4.78 is 0. The summed E-state index contributed by atoms with van der Waals surface area (Å²) in [4.78, 5) is 5.12. The summed E-state index contributed by atoms with van der Waals surface area (Å²) in [6.07, 6.45) is 3.41. The molecule has 0 unspecified atom stereocenters. The minimum Gasteiger partial charge on any atom is -0.387 e. The van der Waals surface area contributed by atoms with Gasteiger partial charge in [-0.05, 0) is 33.2 Å². The summed E-state index contributed by atoms with van der Waals surface area (Å²) in [6.45, 7) is 14.7. The van der Waals surface area contributed by atoms with Crippen molar-refractivity contribution >= 4 is 5.84 Å². The third kappa shape index (κ3) is 5.49. The van der Waals surface area contributed by atoms with E-state index in [0.29, 0.717) is 11.9 Å². The highest BCUT2D eigenvalue weighted by atomic mass is 15.3. The smallest absolute Gasteiger partial charge is 0.0963 e. The SMILES string of the molecule is CC(C)N1CCN(CCCCC(C)(C)C(=N)N)CC1. The fourth-order valence-electron chi connectivity index (χ4n) is 2.54. The number of nitrogens with zero attached hydrogens (tertiary/aromatic N) is 2. The molecule has 3 N–H and O–H groups in total. The van der Waals surface area contributed by atoms with Gasteiger partial charge in [0.1, 0.15) is 0 Å². The Kier molecular flexibility index (Phi) is 6.27. The molecule has 4 nitrogen and oxygen atoms in total. The molecule has 1 heterocycles. The molecule has 0 bridgehead atoms. The van der Waals surface area contributed by atoms with E-state index in [1.54, 1.807) is 0 Å². The van der Waals surface area contributed by atoms with Gasteiger partial charge in [-0.1, -0.05) is 20.3 Å². The molecule has 0 aliphatic carbocycles. The van der Waals surface area contributed by atoms with Crippen molar-refractivity contribution in [2.24, 2.45) is 11.1 Å². The lowest BCUT2D eigenvalue weighted by atomic mass is 9.86. The number of unbranched alkanes of at least 4 members (excludes halogenated alkanes) is 1. The van der Waals surface area contributed by atoms with Gasteiger partial charge in [0, 0.05) is 37.6 Å². The Bertz CT molecular complexity index is 278. The molecule has 1 saturated heterocycles. The molecule has 19 heavy (non-hydrogen) atoms. The number of rotatable bonds is 7. The maximum Gasteiger partial charge on any atom is 0.0963 e. The van der Waals surface area contributed by atoms with Gasteiger partial charge in [-0.25, -0.2) is 0 Å². The van der Waals surface area contributed by atoms with Crippen molar-refractivity contribution in [1.29, 1.82) is 5.41 Å². The van der Waals surface area contributed by atoms with E-state index < -0.39 is 0 Å². The fraction of sp³-hybridized carbons (Fsp3) is 0.933. The number of hydrogen-bond donors (Lipinski definition) is 2. The molecule has 0 radical (unpaired) electrons. The van der Waals surface area contributed by atoms with Crippen LogP contribution >= 0.6 is 0 Å². The van der Waals surface area contributed by atoms with E-state index in [4.69, 9.17) is 11.1 Å². The Morgan fingerprint density at radius 2 is 1.74 bits per heavy atom. The average Bonchev–Trinajstić information content (AvgIpc) is 2.35. The van der Waals surface area contributed by atoms with Crippen LogP contribution in [0.3, 0.4) is 0 Å². The maximum absolute atomic E-state index is 7.55. The minimum atomic E-state index is -0.129. The molecule has 1 fully saturated rings. The zero-order valence-corrected chi connectivity index (χ0v) is 13.2. The van der Waals surface area contributed by atoms with Crippen molar-refractivity contribution in [1.82, 2.24) is 9.80 Å². The lowest BCUT2D eigenvalue weighted by molar-refractivity contribution is 0.107. The molecule has 4 heteroatoms. The summed E-state index contributed by atoms with van der Waals surface area (Å²) in [5.41, 5.74) is 5.48. The molecule has 0 aromatic carbocycles.